The van der Waals surface area contributed by atoms with E-state index in [1.807, 2.05) is 12.2 Å². The van der Waals surface area contributed by atoms with Crippen LogP contribution in [0.5, 0.6) is 0 Å². The molecule has 14 heteroatoms. The summed E-state index contributed by atoms with van der Waals surface area (Å²) in [5.41, 5.74) is 0. The lowest BCUT2D eigenvalue weighted by molar-refractivity contribution is -0.332. The Bertz CT molecular complexity index is 1360. The van der Waals surface area contributed by atoms with Crippen LogP contribution in [0.2, 0.25) is 0 Å². The molecule has 380 valence electrons. The maximum absolute atomic E-state index is 12.9. The molecule has 66 heavy (non-hydrogen) atoms. The van der Waals surface area contributed by atoms with Crippen LogP contribution in [-0.2, 0) is 33.2 Å². The highest BCUT2D eigenvalue weighted by Gasteiger charge is 2.47. The van der Waals surface area contributed by atoms with Gasteiger partial charge in [-0.2, -0.15) is 0 Å². The fourth-order valence-electron chi connectivity index (χ4n) is 7.41. The van der Waals surface area contributed by atoms with Crippen molar-refractivity contribution in [2.45, 2.75) is 216 Å². The van der Waals surface area contributed by atoms with Gasteiger partial charge in [0, 0.05) is 6.61 Å². The molecule has 0 aromatic carbocycles. The van der Waals surface area contributed by atoms with Crippen LogP contribution < -0.4 is 0 Å². The van der Waals surface area contributed by atoms with Gasteiger partial charge in [0.15, 0.2) is 12.6 Å². The van der Waals surface area contributed by atoms with Crippen molar-refractivity contribution in [1.29, 1.82) is 0 Å². The first-order chi connectivity index (χ1) is 32.1. The van der Waals surface area contributed by atoms with Gasteiger partial charge in [-0.15, -0.1) is 0 Å². The Kier molecular flexibility index (Phi) is 35.5. The summed E-state index contributed by atoms with van der Waals surface area (Å²) in [5, 5.41) is 72.0. The second-order valence-electron chi connectivity index (χ2n) is 17.3. The monoisotopic (exact) mass is 937 g/mol. The predicted molar refractivity (Wildman–Crippen MR) is 256 cm³/mol. The largest absolute Gasteiger partial charge is 0.457 e. The number of rotatable bonds is 38. The normalized spacial score (nSPS) is 26.9. The van der Waals surface area contributed by atoms with Gasteiger partial charge in [-0.05, 0) is 64.2 Å². The Balaban J connectivity index is 1.82. The number of hydrogen-bond donors (Lipinski definition) is 7. The summed E-state index contributed by atoms with van der Waals surface area (Å²) < 4.78 is 34.1. The fourth-order valence-corrected chi connectivity index (χ4v) is 7.41. The van der Waals surface area contributed by atoms with Crippen LogP contribution in [0, 0.1) is 0 Å². The summed E-state index contributed by atoms with van der Waals surface area (Å²) in [6.07, 6.45) is 31.4. The number of carbonyl (C=O) groups is 1. The molecule has 0 spiro atoms. The fraction of sp³-hybridized carbons (Fsp3) is 0.750. The molecule has 11 unspecified atom stereocenters. The average Bonchev–Trinajstić information content (AvgIpc) is 3.31. The first-order valence-corrected chi connectivity index (χ1v) is 25.0. The molecule has 0 saturated carbocycles. The summed E-state index contributed by atoms with van der Waals surface area (Å²) in [6.45, 7) is 3.41. The molecular formula is C52H88O14. The quantitative estimate of drug-likeness (QED) is 0.0187. The van der Waals surface area contributed by atoms with E-state index in [0.717, 1.165) is 57.8 Å². The van der Waals surface area contributed by atoms with E-state index in [2.05, 4.69) is 68.5 Å². The number of ether oxygens (including phenoxy) is 6. The topological polar surface area (TPSA) is 214 Å². The number of aliphatic hydroxyl groups excluding tert-OH is 7. The second kappa shape index (κ2) is 39.3. The van der Waals surface area contributed by atoms with Crippen LogP contribution in [0.15, 0.2) is 72.9 Å². The summed E-state index contributed by atoms with van der Waals surface area (Å²) in [7, 11) is 0. The number of hydrogen-bond acceptors (Lipinski definition) is 14. The smallest absolute Gasteiger partial charge is 0.310 e. The zero-order chi connectivity index (χ0) is 48.0. The van der Waals surface area contributed by atoms with Gasteiger partial charge in [0.2, 0.25) is 0 Å². The third-order valence-corrected chi connectivity index (χ3v) is 11.5. The first kappa shape index (κ1) is 59.6. The molecule has 0 radical (unpaired) electrons. The highest BCUT2D eigenvalue weighted by molar-refractivity contribution is 5.71. The van der Waals surface area contributed by atoms with Crippen molar-refractivity contribution in [2.24, 2.45) is 0 Å². The second-order valence-corrected chi connectivity index (χ2v) is 17.3. The number of esters is 1. The SMILES string of the molecule is CC/C=C\C/C=C\C/C=C\C/C=C\C/C=C\CC(=O)OC(COCCCCCCCC/C=C\CCCCCCCCC)COC1OC(COC2OC(CO)C(O)C(O)C2O)C(O)C(O)C1O. The maximum Gasteiger partial charge on any atom is 0.310 e. The van der Waals surface area contributed by atoms with E-state index in [4.69, 9.17) is 28.4 Å². The molecule has 2 aliphatic heterocycles. The summed E-state index contributed by atoms with van der Waals surface area (Å²) >= 11 is 0. The molecule has 2 fully saturated rings. The van der Waals surface area contributed by atoms with Crippen molar-refractivity contribution < 1.29 is 69.0 Å². The molecule has 11 atom stereocenters. The Morgan fingerprint density at radius 1 is 0.515 bits per heavy atom. The Morgan fingerprint density at radius 3 is 1.53 bits per heavy atom. The van der Waals surface area contributed by atoms with E-state index in [-0.39, 0.29) is 19.6 Å². The third kappa shape index (κ3) is 26.8. The van der Waals surface area contributed by atoms with Crippen molar-refractivity contribution >= 4 is 5.97 Å². The Labute approximate surface area is 396 Å². The van der Waals surface area contributed by atoms with Crippen LogP contribution in [0.1, 0.15) is 149 Å². The standard InChI is InChI=1S/C52H88O14/c1-3-5-7-9-11-13-15-17-19-20-22-24-26-28-30-32-34-36-61-38-41(64-44(54)35-33-31-29-27-25-23-21-18-16-14-12-10-8-6-4-2)39-62-51-50(60)48(58)46(56)43(66-51)40-63-52-49(59)47(57)45(55)42(37-53)65-52/h6,8,12,14,18-21,25,27,31,33,41-43,45-53,55-60H,3-5,7,9-11,13,15-17,22-24,26,28-30,32,34-40H2,1-2H3/b8-6-,14-12-,20-19-,21-18-,27-25-,33-31-. The lowest BCUT2D eigenvalue weighted by Crippen LogP contribution is -2.61. The molecule has 0 aromatic heterocycles. The van der Waals surface area contributed by atoms with Gasteiger partial charge in [0.1, 0.15) is 54.9 Å². The minimum atomic E-state index is -1.73. The molecule has 2 rings (SSSR count). The summed E-state index contributed by atoms with van der Waals surface area (Å²) in [6, 6.07) is 0. The van der Waals surface area contributed by atoms with Crippen molar-refractivity contribution in [1.82, 2.24) is 0 Å². The van der Waals surface area contributed by atoms with Crippen molar-refractivity contribution in [3.8, 4) is 0 Å². The van der Waals surface area contributed by atoms with E-state index in [9.17, 15) is 40.5 Å². The summed E-state index contributed by atoms with van der Waals surface area (Å²) in [5.74, 6) is -0.507. The van der Waals surface area contributed by atoms with Crippen molar-refractivity contribution in [2.75, 3.05) is 33.0 Å². The number of aliphatic hydroxyl groups is 7. The Hall–Kier alpha value is -2.57. The van der Waals surface area contributed by atoms with Gasteiger partial charge in [0.25, 0.3) is 0 Å². The third-order valence-electron chi connectivity index (χ3n) is 11.5. The molecule has 2 saturated heterocycles. The zero-order valence-corrected chi connectivity index (χ0v) is 40.2. The number of unbranched alkanes of at least 4 members (excludes halogenated alkanes) is 13. The molecule has 7 N–H and O–H groups in total. The van der Waals surface area contributed by atoms with E-state index in [0.29, 0.717) is 13.0 Å². The van der Waals surface area contributed by atoms with E-state index >= 15 is 0 Å². The molecule has 0 aromatic rings. The minimum absolute atomic E-state index is 0.0141. The maximum atomic E-state index is 12.9. The predicted octanol–water partition coefficient (Wildman–Crippen LogP) is 7.12. The van der Waals surface area contributed by atoms with Crippen LogP contribution >= 0.6 is 0 Å². The summed E-state index contributed by atoms with van der Waals surface area (Å²) in [4.78, 5) is 12.9. The molecule has 0 aliphatic carbocycles. The van der Waals surface area contributed by atoms with Crippen LogP contribution in [0.25, 0.3) is 0 Å². The zero-order valence-electron chi connectivity index (χ0n) is 40.2. The van der Waals surface area contributed by atoms with Crippen LogP contribution in [0.3, 0.4) is 0 Å². The molecular weight excluding hydrogens is 849 g/mol. The van der Waals surface area contributed by atoms with E-state index in [1.54, 1.807) is 6.08 Å². The van der Waals surface area contributed by atoms with Gasteiger partial charge in [0.05, 0.1) is 32.8 Å². The lowest BCUT2D eigenvalue weighted by Gasteiger charge is -2.42. The van der Waals surface area contributed by atoms with E-state index in [1.165, 1.54) is 64.2 Å². The molecule has 0 amide bonds. The first-order valence-electron chi connectivity index (χ1n) is 25.0. The van der Waals surface area contributed by atoms with Gasteiger partial charge in [-0.3, -0.25) is 4.79 Å². The van der Waals surface area contributed by atoms with Gasteiger partial charge < -0.3 is 64.2 Å². The van der Waals surface area contributed by atoms with Crippen LogP contribution in [0.4, 0.5) is 0 Å². The molecule has 2 heterocycles. The van der Waals surface area contributed by atoms with Crippen molar-refractivity contribution in [3.63, 3.8) is 0 Å². The number of allylic oxidation sites excluding steroid dienone is 11. The molecule has 2 aliphatic rings. The molecule has 0 bridgehead atoms. The van der Waals surface area contributed by atoms with Crippen LogP contribution in [-0.4, -0.2) is 142 Å². The van der Waals surface area contributed by atoms with Gasteiger partial charge in [-0.25, -0.2) is 0 Å². The lowest BCUT2D eigenvalue weighted by atomic mass is 9.98. The van der Waals surface area contributed by atoms with Gasteiger partial charge >= 0.3 is 5.97 Å². The Morgan fingerprint density at radius 2 is 0.985 bits per heavy atom. The van der Waals surface area contributed by atoms with Gasteiger partial charge in [-0.1, -0.05) is 151 Å². The van der Waals surface area contributed by atoms with E-state index < -0.39 is 86.7 Å². The molecule has 14 nitrogen and oxygen atoms in total. The average molecular weight is 937 g/mol. The number of carbonyl (C=O) groups excluding carboxylic acids is 1. The highest BCUT2D eigenvalue weighted by atomic mass is 16.7. The highest BCUT2D eigenvalue weighted by Crippen LogP contribution is 2.26. The minimum Gasteiger partial charge on any atom is -0.457 e. The van der Waals surface area contributed by atoms with Crippen molar-refractivity contribution in [3.05, 3.63) is 72.9 Å².